The predicted molar refractivity (Wildman–Crippen MR) is 46.7 cm³/mol. The second-order valence-electron chi connectivity index (χ2n) is 2.38. The number of Topliss-reactive ketones (excluding diaryl/α,β-unsaturated/α-hetero) is 1. The molecule has 0 spiro atoms. The zero-order valence-electron chi connectivity index (χ0n) is 7.03. The molecular formula is C10H6N2O. The van der Waals surface area contributed by atoms with Crippen LogP contribution in [0.5, 0.6) is 0 Å². The van der Waals surface area contributed by atoms with Gasteiger partial charge in [0, 0.05) is 29.4 Å². The van der Waals surface area contributed by atoms with Crippen molar-refractivity contribution >= 4 is 5.78 Å². The smallest absolute Gasteiger partial charge is 0.161 e. The summed E-state index contributed by atoms with van der Waals surface area (Å²) >= 11 is 0. The van der Waals surface area contributed by atoms with Gasteiger partial charge in [0.1, 0.15) is 0 Å². The van der Waals surface area contributed by atoms with Crippen LogP contribution in [0.1, 0.15) is 22.8 Å². The normalized spacial score (nSPS) is 8.00. The van der Waals surface area contributed by atoms with Crippen molar-refractivity contribution in [3.8, 4) is 17.9 Å². The van der Waals surface area contributed by atoms with E-state index < -0.39 is 0 Å². The molecule has 0 aliphatic carbocycles. The lowest BCUT2D eigenvalue weighted by Gasteiger charge is -1.93. The number of hydrogen-bond acceptors (Lipinski definition) is 3. The Morgan fingerprint density at radius 3 is 2.92 bits per heavy atom. The fourth-order valence-electron chi connectivity index (χ4n) is 0.801. The molecule has 0 saturated heterocycles. The van der Waals surface area contributed by atoms with E-state index in [0.717, 1.165) is 0 Å². The zero-order chi connectivity index (χ0) is 9.68. The first-order chi connectivity index (χ1) is 6.24. The molecule has 1 aromatic rings. The lowest BCUT2D eigenvalue weighted by molar-refractivity contribution is 0.101. The van der Waals surface area contributed by atoms with Gasteiger partial charge in [-0.2, -0.15) is 5.26 Å². The summed E-state index contributed by atoms with van der Waals surface area (Å²) in [7, 11) is 0. The van der Waals surface area contributed by atoms with Crippen molar-refractivity contribution in [3.63, 3.8) is 0 Å². The maximum Gasteiger partial charge on any atom is 0.161 e. The van der Waals surface area contributed by atoms with Crippen molar-refractivity contribution in [1.82, 2.24) is 4.98 Å². The highest BCUT2D eigenvalue weighted by atomic mass is 16.1. The highest BCUT2D eigenvalue weighted by Crippen LogP contribution is 2.01. The largest absolute Gasteiger partial charge is 0.294 e. The van der Waals surface area contributed by atoms with E-state index in [2.05, 4.69) is 16.8 Å². The SMILES string of the molecule is CC(=O)c1cncc(C#CC#N)c1. The standard InChI is InChI=1S/C10H6N2O/c1-8(13)10-5-9(3-2-4-11)6-12-7-10/h5-7H,1H3. The number of rotatable bonds is 1. The van der Waals surface area contributed by atoms with E-state index in [9.17, 15) is 4.79 Å². The van der Waals surface area contributed by atoms with Gasteiger partial charge in [-0.1, -0.05) is 0 Å². The summed E-state index contributed by atoms with van der Waals surface area (Å²) in [5.41, 5.74) is 1.08. The molecule has 0 atom stereocenters. The van der Waals surface area contributed by atoms with Crippen LogP contribution in [0.4, 0.5) is 0 Å². The van der Waals surface area contributed by atoms with Crippen molar-refractivity contribution in [2.75, 3.05) is 0 Å². The van der Waals surface area contributed by atoms with Gasteiger partial charge in [0.25, 0.3) is 0 Å². The molecule has 0 amide bonds. The lowest BCUT2D eigenvalue weighted by Crippen LogP contribution is -1.93. The van der Waals surface area contributed by atoms with Gasteiger partial charge in [0.15, 0.2) is 11.9 Å². The molecule has 62 valence electrons. The van der Waals surface area contributed by atoms with Gasteiger partial charge in [-0.05, 0) is 18.9 Å². The maximum atomic E-state index is 10.9. The molecule has 1 rings (SSSR count). The molecule has 0 fully saturated rings. The van der Waals surface area contributed by atoms with Crippen molar-refractivity contribution in [2.24, 2.45) is 0 Å². The van der Waals surface area contributed by atoms with E-state index in [-0.39, 0.29) is 5.78 Å². The fourth-order valence-corrected chi connectivity index (χ4v) is 0.801. The summed E-state index contributed by atoms with van der Waals surface area (Å²) in [6.07, 6.45) is 2.98. The summed E-state index contributed by atoms with van der Waals surface area (Å²) in [6, 6.07) is 3.30. The number of pyridine rings is 1. The molecule has 0 unspecified atom stereocenters. The first-order valence-corrected chi connectivity index (χ1v) is 3.60. The number of nitriles is 1. The number of carbonyl (C=O) groups is 1. The predicted octanol–water partition coefficient (Wildman–Crippen LogP) is 1.16. The number of hydrogen-bond donors (Lipinski definition) is 0. The average molecular weight is 170 g/mol. The molecule has 0 saturated carbocycles. The first kappa shape index (κ1) is 8.96. The van der Waals surface area contributed by atoms with Gasteiger partial charge in [0.2, 0.25) is 0 Å². The molecule has 1 heterocycles. The molecule has 1 aromatic heterocycles. The van der Waals surface area contributed by atoms with Crippen LogP contribution in [0, 0.1) is 23.2 Å². The minimum Gasteiger partial charge on any atom is -0.294 e. The van der Waals surface area contributed by atoms with Gasteiger partial charge in [0.05, 0.1) is 0 Å². The molecule has 13 heavy (non-hydrogen) atoms. The average Bonchev–Trinajstić information content (AvgIpc) is 2.15. The van der Waals surface area contributed by atoms with Crippen molar-refractivity contribution in [3.05, 3.63) is 29.6 Å². The van der Waals surface area contributed by atoms with Crippen LogP contribution in [0.15, 0.2) is 18.5 Å². The van der Waals surface area contributed by atoms with E-state index >= 15 is 0 Å². The molecule has 0 aliphatic rings. The van der Waals surface area contributed by atoms with Gasteiger partial charge >= 0.3 is 0 Å². The zero-order valence-corrected chi connectivity index (χ0v) is 7.03. The Labute approximate surface area is 76.0 Å². The first-order valence-electron chi connectivity index (χ1n) is 3.60. The third-order valence-electron chi connectivity index (χ3n) is 1.41. The van der Waals surface area contributed by atoms with Gasteiger partial charge in [-0.25, -0.2) is 0 Å². The van der Waals surface area contributed by atoms with E-state index in [0.29, 0.717) is 11.1 Å². The van der Waals surface area contributed by atoms with E-state index in [1.165, 1.54) is 19.3 Å². The van der Waals surface area contributed by atoms with Crippen molar-refractivity contribution in [1.29, 1.82) is 5.26 Å². The highest BCUT2D eigenvalue weighted by Gasteiger charge is 1.98. The summed E-state index contributed by atoms with van der Waals surface area (Å²) in [5.74, 6) is 4.74. The molecule has 0 aliphatic heterocycles. The van der Waals surface area contributed by atoms with Crippen molar-refractivity contribution in [2.45, 2.75) is 6.92 Å². The van der Waals surface area contributed by atoms with Crippen LogP contribution in [0.25, 0.3) is 0 Å². The topological polar surface area (TPSA) is 53.8 Å². The van der Waals surface area contributed by atoms with Crippen LogP contribution in [0.3, 0.4) is 0 Å². The monoisotopic (exact) mass is 170 g/mol. The van der Waals surface area contributed by atoms with E-state index in [1.807, 2.05) is 0 Å². The van der Waals surface area contributed by atoms with Gasteiger partial charge < -0.3 is 0 Å². The quantitative estimate of drug-likeness (QED) is 0.469. The lowest BCUT2D eigenvalue weighted by atomic mass is 10.1. The number of ketones is 1. The molecular weight excluding hydrogens is 164 g/mol. The summed E-state index contributed by atoms with van der Waals surface area (Å²) in [6.45, 7) is 1.46. The fraction of sp³-hybridized carbons (Fsp3) is 0.100. The van der Waals surface area contributed by atoms with Crippen LogP contribution in [0.2, 0.25) is 0 Å². The third-order valence-corrected chi connectivity index (χ3v) is 1.41. The minimum absolute atomic E-state index is 0.0619. The minimum atomic E-state index is -0.0619. The molecule has 3 heteroatoms. The molecule has 0 aromatic carbocycles. The van der Waals surface area contributed by atoms with Crippen LogP contribution < -0.4 is 0 Å². The third kappa shape index (κ3) is 2.43. The summed E-state index contributed by atoms with van der Waals surface area (Å²) < 4.78 is 0. The Balaban J connectivity index is 3.07. The molecule has 3 nitrogen and oxygen atoms in total. The molecule has 0 radical (unpaired) electrons. The summed E-state index contributed by atoms with van der Waals surface area (Å²) in [4.78, 5) is 14.7. The van der Waals surface area contributed by atoms with Crippen LogP contribution in [-0.4, -0.2) is 10.8 Å². The Hall–Kier alpha value is -2.13. The Kier molecular flexibility index (Phi) is 2.78. The van der Waals surface area contributed by atoms with E-state index in [1.54, 1.807) is 12.1 Å². The van der Waals surface area contributed by atoms with E-state index in [4.69, 9.17) is 5.26 Å². The van der Waals surface area contributed by atoms with Crippen LogP contribution in [-0.2, 0) is 0 Å². The number of aromatic nitrogens is 1. The number of carbonyl (C=O) groups excluding carboxylic acids is 1. The number of nitrogens with zero attached hydrogens (tertiary/aromatic N) is 2. The summed E-state index contributed by atoms with van der Waals surface area (Å²) in [5, 5.41) is 8.20. The second kappa shape index (κ2) is 4.04. The Morgan fingerprint density at radius 2 is 2.31 bits per heavy atom. The highest BCUT2D eigenvalue weighted by molar-refractivity contribution is 5.94. The Bertz CT molecular complexity index is 432. The Morgan fingerprint density at radius 1 is 1.54 bits per heavy atom. The van der Waals surface area contributed by atoms with Gasteiger partial charge in [-0.3, -0.25) is 9.78 Å². The van der Waals surface area contributed by atoms with Crippen LogP contribution >= 0.6 is 0 Å². The molecule has 0 N–H and O–H groups in total. The maximum absolute atomic E-state index is 10.9. The molecule has 0 bridgehead atoms. The van der Waals surface area contributed by atoms with Gasteiger partial charge in [-0.15, -0.1) is 0 Å². The second-order valence-corrected chi connectivity index (χ2v) is 2.38. The van der Waals surface area contributed by atoms with Crippen molar-refractivity contribution < 1.29 is 4.79 Å².